The molecule has 1 amide bonds. The van der Waals surface area contributed by atoms with Crippen LogP contribution in [0.4, 0.5) is 5.69 Å². The van der Waals surface area contributed by atoms with E-state index in [4.69, 9.17) is 9.47 Å². The third kappa shape index (κ3) is 5.36. The molecule has 0 unspecified atom stereocenters. The fourth-order valence-electron chi connectivity index (χ4n) is 3.91. The molecule has 9 heteroatoms. The van der Waals surface area contributed by atoms with Crippen molar-refractivity contribution in [3.63, 3.8) is 0 Å². The number of benzene rings is 1. The number of rotatable bonds is 8. The molecule has 1 N–H and O–H groups in total. The summed E-state index contributed by atoms with van der Waals surface area (Å²) in [4.78, 5) is 34.2. The highest BCUT2D eigenvalue weighted by atomic mass is 32.2. The summed E-state index contributed by atoms with van der Waals surface area (Å²) in [6.45, 7) is 0.400. The minimum Gasteiger partial charge on any atom is -0.497 e. The molecular formula is C24H26N4O4S. The van der Waals surface area contributed by atoms with E-state index in [1.165, 1.54) is 18.9 Å². The first-order valence-electron chi connectivity index (χ1n) is 10.8. The molecule has 0 saturated heterocycles. The Bertz CT molecular complexity index is 1200. The Kier molecular flexibility index (Phi) is 7.29. The Morgan fingerprint density at radius 2 is 2.00 bits per heavy atom. The number of carbonyl (C=O) groups excluding carboxylic acids is 1. The number of carbonyl (C=O) groups is 1. The van der Waals surface area contributed by atoms with Crippen LogP contribution >= 0.6 is 11.8 Å². The largest absolute Gasteiger partial charge is 0.497 e. The summed E-state index contributed by atoms with van der Waals surface area (Å²) in [6, 6.07) is 10.9. The normalized spacial score (nSPS) is 12.7. The number of methoxy groups -OCH3 is 2. The maximum atomic E-state index is 12.9. The van der Waals surface area contributed by atoms with Gasteiger partial charge in [0.2, 0.25) is 5.91 Å². The van der Waals surface area contributed by atoms with Gasteiger partial charge in [0.25, 0.3) is 0 Å². The second-order valence-corrected chi connectivity index (χ2v) is 8.61. The van der Waals surface area contributed by atoms with Gasteiger partial charge in [-0.2, -0.15) is 4.98 Å². The molecule has 3 aromatic rings. The summed E-state index contributed by atoms with van der Waals surface area (Å²) in [5.41, 5.74) is 3.15. The van der Waals surface area contributed by atoms with Crippen LogP contribution in [0, 0.1) is 0 Å². The van der Waals surface area contributed by atoms with Crippen LogP contribution in [0.15, 0.2) is 52.4 Å². The van der Waals surface area contributed by atoms with E-state index < -0.39 is 0 Å². The van der Waals surface area contributed by atoms with Gasteiger partial charge in [-0.1, -0.05) is 17.8 Å². The zero-order valence-corrected chi connectivity index (χ0v) is 19.5. The number of aromatic nitrogens is 3. The molecular weight excluding hydrogens is 440 g/mol. The molecule has 4 rings (SSSR count). The summed E-state index contributed by atoms with van der Waals surface area (Å²) >= 11 is 1.30. The molecule has 0 atom stereocenters. The highest BCUT2D eigenvalue weighted by molar-refractivity contribution is 8.00. The van der Waals surface area contributed by atoms with Crippen molar-refractivity contribution in [1.29, 1.82) is 0 Å². The molecule has 0 aliphatic heterocycles. The maximum Gasteiger partial charge on any atom is 0.349 e. The number of thioether (sulfide) groups is 1. The standard InChI is InChI=1S/C24H26N4O4S/c1-31-17-10-11-19(21(13-17)32-2)26-22(29)15-33-23-18-8-3-4-9-20(18)28(24(30)27-23)14-16-7-5-6-12-25-16/h5-7,10-13H,3-4,8-9,14-15H2,1-2H3,(H,26,29). The molecule has 2 heterocycles. The number of anilines is 1. The topological polar surface area (TPSA) is 95.3 Å². The van der Waals surface area contributed by atoms with Crippen LogP contribution in [0.2, 0.25) is 0 Å². The lowest BCUT2D eigenvalue weighted by Gasteiger charge is -2.22. The van der Waals surface area contributed by atoms with Crippen molar-refractivity contribution >= 4 is 23.4 Å². The van der Waals surface area contributed by atoms with Crippen molar-refractivity contribution < 1.29 is 14.3 Å². The van der Waals surface area contributed by atoms with Gasteiger partial charge in [0.1, 0.15) is 16.5 Å². The fourth-order valence-corrected chi connectivity index (χ4v) is 4.78. The Balaban J connectivity index is 1.51. The Hall–Kier alpha value is -3.33. The summed E-state index contributed by atoms with van der Waals surface area (Å²) in [5, 5.41) is 3.50. The van der Waals surface area contributed by atoms with E-state index in [1.807, 2.05) is 18.2 Å². The van der Waals surface area contributed by atoms with Crippen LogP contribution in [-0.2, 0) is 24.2 Å². The Morgan fingerprint density at radius 1 is 1.15 bits per heavy atom. The lowest BCUT2D eigenvalue weighted by Crippen LogP contribution is -2.31. The van der Waals surface area contributed by atoms with E-state index >= 15 is 0 Å². The fraction of sp³-hybridized carbons (Fsp3) is 0.333. The Labute approximate surface area is 196 Å². The van der Waals surface area contributed by atoms with Crippen molar-refractivity contribution in [3.05, 3.63) is 70.0 Å². The van der Waals surface area contributed by atoms with Crippen LogP contribution < -0.4 is 20.5 Å². The molecule has 8 nitrogen and oxygen atoms in total. The molecule has 0 radical (unpaired) electrons. The molecule has 1 aromatic carbocycles. The van der Waals surface area contributed by atoms with E-state index in [0.717, 1.165) is 42.6 Å². The first-order valence-corrected chi connectivity index (χ1v) is 11.7. The molecule has 1 aliphatic rings. The quantitative estimate of drug-likeness (QED) is 0.402. The van der Waals surface area contributed by atoms with Crippen LogP contribution in [0.3, 0.4) is 0 Å². The Morgan fingerprint density at radius 3 is 2.76 bits per heavy atom. The lowest BCUT2D eigenvalue weighted by molar-refractivity contribution is -0.113. The zero-order chi connectivity index (χ0) is 23.2. The zero-order valence-electron chi connectivity index (χ0n) is 18.7. The number of nitrogens with zero attached hydrogens (tertiary/aromatic N) is 3. The van der Waals surface area contributed by atoms with Gasteiger partial charge in [0.15, 0.2) is 0 Å². The highest BCUT2D eigenvalue weighted by Gasteiger charge is 2.21. The van der Waals surface area contributed by atoms with Crippen LogP contribution in [0.25, 0.3) is 0 Å². The number of fused-ring (bicyclic) bond motifs is 1. The second kappa shape index (κ2) is 10.5. The minimum atomic E-state index is -0.305. The monoisotopic (exact) mass is 466 g/mol. The van der Waals surface area contributed by atoms with Gasteiger partial charge in [-0.3, -0.25) is 14.3 Å². The summed E-state index contributed by atoms with van der Waals surface area (Å²) in [6.07, 6.45) is 5.46. The number of ether oxygens (including phenoxy) is 2. The number of hydrogen-bond donors (Lipinski definition) is 1. The van der Waals surface area contributed by atoms with E-state index in [2.05, 4.69) is 15.3 Å². The first kappa shape index (κ1) is 22.8. The van der Waals surface area contributed by atoms with Gasteiger partial charge < -0.3 is 14.8 Å². The SMILES string of the molecule is COc1ccc(NC(=O)CSc2nc(=O)n(Cc3ccccn3)c3c2CCCC3)c(OC)c1. The molecule has 1 aliphatic carbocycles. The van der Waals surface area contributed by atoms with Crippen molar-refractivity contribution in [1.82, 2.24) is 14.5 Å². The van der Waals surface area contributed by atoms with Crippen molar-refractivity contribution in [3.8, 4) is 11.5 Å². The molecule has 172 valence electrons. The van der Waals surface area contributed by atoms with E-state index in [0.29, 0.717) is 28.8 Å². The highest BCUT2D eigenvalue weighted by Crippen LogP contribution is 2.31. The summed E-state index contributed by atoms with van der Waals surface area (Å²) in [5.74, 6) is 1.09. The first-order chi connectivity index (χ1) is 16.1. The van der Waals surface area contributed by atoms with Gasteiger partial charge in [-0.25, -0.2) is 4.79 Å². The molecule has 0 bridgehead atoms. The molecule has 0 saturated carbocycles. The van der Waals surface area contributed by atoms with E-state index in [1.54, 1.807) is 36.1 Å². The molecule has 0 fully saturated rings. The smallest absolute Gasteiger partial charge is 0.349 e. The van der Waals surface area contributed by atoms with Crippen molar-refractivity contribution in [2.45, 2.75) is 37.3 Å². The molecule has 2 aromatic heterocycles. The van der Waals surface area contributed by atoms with Gasteiger partial charge in [-0.05, 0) is 49.9 Å². The van der Waals surface area contributed by atoms with Gasteiger partial charge in [-0.15, -0.1) is 0 Å². The molecule has 0 spiro atoms. The van der Waals surface area contributed by atoms with Crippen molar-refractivity contribution in [2.75, 3.05) is 25.3 Å². The third-order valence-corrected chi connectivity index (χ3v) is 6.54. The van der Waals surface area contributed by atoms with Crippen LogP contribution in [0.5, 0.6) is 11.5 Å². The van der Waals surface area contributed by atoms with Gasteiger partial charge >= 0.3 is 5.69 Å². The van der Waals surface area contributed by atoms with Crippen LogP contribution in [0.1, 0.15) is 29.8 Å². The summed E-state index contributed by atoms with van der Waals surface area (Å²) in [7, 11) is 3.11. The number of hydrogen-bond acceptors (Lipinski definition) is 7. The molecule has 33 heavy (non-hydrogen) atoms. The third-order valence-electron chi connectivity index (χ3n) is 5.52. The van der Waals surface area contributed by atoms with Crippen LogP contribution in [-0.4, -0.2) is 40.4 Å². The average molecular weight is 467 g/mol. The van der Waals surface area contributed by atoms with Gasteiger partial charge in [0, 0.05) is 23.5 Å². The number of nitrogens with one attached hydrogen (secondary N) is 1. The second-order valence-electron chi connectivity index (χ2n) is 7.64. The lowest BCUT2D eigenvalue weighted by atomic mass is 9.97. The summed E-state index contributed by atoms with van der Waals surface area (Å²) < 4.78 is 12.3. The average Bonchev–Trinajstić information content (AvgIpc) is 2.85. The van der Waals surface area contributed by atoms with Gasteiger partial charge in [0.05, 0.1) is 37.9 Å². The maximum absolute atomic E-state index is 12.9. The number of pyridine rings is 1. The van der Waals surface area contributed by atoms with E-state index in [-0.39, 0.29) is 17.3 Å². The minimum absolute atomic E-state index is 0.137. The predicted molar refractivity (Wildman–Crippen MR) is 127 cm³/mol. The number of amides is 1. The predicted octanol–water partition coefficient (Wildman–Crippen LogP) is 3.31. The van der Waals surface area contributed by atoms with Crippen molar-refractivity contribution in [2.24, 2.45) is 0 Å². The van der Waals surface area contributed by atoms with E-state index in [9.17, 15) is 9.59 Å².